The lowest BCUT2D eigenvalue weighted by molar-refractivity contribution is -0.120. The number of fused-ring (bicyclic) bond motifs is 3. The van der Waals surface area contributed by atoms with E-state index in [1.165, 1.54) is 23.8 Å². The minimum Gasteiger partial charge on any atom is -0.512 e. The average Bonchev–Trinajstić information content (AvgIpc) is 3.08. The highest BCUT2D eigenvalue weighted by atomic mass is 35.5. The van der Waals surface area contributed by atoms with Gasteiger partial charge in [0, 0.05) is 34.6 Å². The number of aliphatic hydroxyl groups is 1. The average molecular weight is 467 g/mol. The van der Waals surface area contributed by atoms with Gasteiger partial charge in [0.05, 0.1) is 18.9 Å². The van der Waals surface area contributed by atoms with Gasteiger partial charge in [-0.1, -0.05) is 29.8 Å². The number of hydrogen-bond donors (Lipinski definition) is 2. The first-order valence-corrected chi connectivity index (χ1v) is 10.9. The van der Waals surface area contributed by atoms with Gasteiger partial charge in [-0.3, -0.25) is 4.79 Å². The highest BCUT2D eigenvalue weighted by Crippen LogP contribution is 2.38. The summed E-state index contributed by atoms with van der Waals surface area (Å²) in [6.07, 6.45) is 7.67. The van der Waals surface area contributed by atoms with Crippen molar-refractivity contribution in [3.8, 4) is 5.75 Å². The molecule has 5 rings (SSSR count). The lowest BCUT2D eigenvalue weighted by atomic mass is 9.93. The van der Waals surface area contributed by atoms with Crippen LogP contribution in [-0.2, 0) is 11.2 Å². The summed E-state index contributed by atoms with van der Waals surface area (Å²) in [6.45, 7) is 0.687. The first kappa shape index (κ1) is 22.7. The number of carbonyl (C=O) groups is 1. The third-order valence-electron chi connectivity index (χ3n) is 5.73. The Morgan fingerprint density at radius 3 is 2.73 bits per heavy atom. The fourth-order valence-corrected chi connectivity index (χ4v) is 4.30. The van der Waals surface area contributed by atoms with Crippen LogP contribution in [0, 0.1) is 0 Å². The SMILES string of the molecule is COc1ccc(C2c3[nH]c4ccc(Cl)cc4c3CCN2C=O)cc1.OC1=CC=C(F)C=CC1. The monoisotopic (exact) mass is 466 g/mol. The zero-order valence-corrected chi connectivity index (χ0v) is 18.8. The van der Waals surface area contributed by atoms with E-state index in [0.29, 0.717) is 13.0 Å². The van der Waals surface area contributed by atoms with Gasteiger partial charge in [-0.15, -0.1) is 0 Å². The molecule has 3 aromatic rings. The van der Waals surface area contributed by atoms with Gasteiger partial charge in [0.25, 0.3) is 0 Å². The van der Waals surface area contributed by atoms with Crippen LogP contribution in [0.25, 0.3) is 10.9 Å². The Bertz CT molecular complexity index is 1240. The van der Waals surface area contributed by atoms with Crippen molar-refractivity contribution in [3.63, 3.8) is 0 Å². The van der Waals surface area contributed by atoms with Crippen molar-refractivity contribution in [2.75, 3.05) is 13.7 Å². The van der Waals surface area contributed by atoms with Gasteiger partial charge in [0.2, 0.25) is 6.41 Å². The molecular weight excluding hydrogens is 443 g/mol. The maximum atomic E-state index is 12.2. The molecule has 1 unspecified atom stereocenters. The summed E-state index contributed by atoms with van der Waals surface area (Å²) in [5.41, 5.74) is 4.42. The highest BCUT2D eigenvalue weighted by Gasteiger charge is 2.30. The molecule has 1 aliphatic carbocycles. The van der Waals surface area contributed by atoms with Gasteiger partial charge in [-0.05, 0) is 66.1 Å². The van der Waals surface area contributed by atoms with Crippen molar-refractivity contribution in [2.24, 2.45) is 0 Å². The van der Waals surface area contributed by atoms with Crippen molar-refractivity contribution in [1.82, 2.24) is 9.88 Å². The quantitative estimate of drug-likeness (QED) is 0.453. The third-order valence-corrected chi connectivity index (χ3v) is 5.97. The molecule has 2 heterocycles. The number of allylic oxidation sites excluding steroid dienone is 5. The van der Waals surface area contributed by atoms with Crippen LogP contribution in [0.4, 0.5) is 4.39 Å². The molecule has 0 saturated carbocycles. The fourth-order valence-electron chi connectivity index (χ4n) is 4.13. The molecule has 0 saturated heterocycles. The van der Waals surface area contributed by atoms with Gasteiger partial charge >= 0.3 is 0 Å². The van der Waals surface area contributed by atoms with Crippen molar-refractivity contribution in [3.05, 3.63) is 100 Å². The Balaban J connectivity index is 0.000000243. The summed E-state index contributed by atoms with van der Waals surface area (Å²) in [5.74, 6) is 0.675. The fraction of sp³-hybridized carbons (Fsp3) is 0.192. The standard InChI is InChI=1S/C19H17ClN2O2.C7H7FO/c1-24-14-5-2-12(3-6-14)19-18-15(8-9-22(19)11-23)16-10-13(20)4-7-17(16)21-18;8-6-2-1-3-7(9)5-4-6/h2-7,10-11,19,21H,8-9H2,1H3;1-2,4-5,9H,3H2. The Labute approximate surface area is 196 Å². The summed E-state index contributed by atoms with van der Waals surface area (Å²) < 4.78 is 17.5. The molecule has 1 amide bonds. The molecule has 2 aromatic carbocycles. The van der Waals surface area contributed by atoms with Gasteiger partial charge < -0.3 is 19.7 Å². The summed E-state index contributed by atoms with van der Waals surface area (Å²) in [6, 6.07) is 13.6. The van der Waals surface area contributed by atoms with E-state index in [4.69, 9.17) is 21.4 Å². The maximum Gasteiger partial charge on any atom is 0.210 e. The number of ether oxygens (including phenoxy) is 1. The zero-order chi connectivity index (χ0) is 23.4. The number of nitrogens with zero attached hydrogens (tertiary/aromatic N) is 1. The van der Waals surface area contributed by atoms with Crippen molar-refractivity contribution < 1.29 is 19.0 Å². The van der Waals surface area contributed by atoms with E-state index in [9.17, 15) is 9.18 Å². The maximum absolute atomic E-state index is 12.2. The molecule has 1 aromatic heterocycles. The predicted molar refractivity (Wildman–Crippen MR) is 128 cm³/mol. The largest absolute Gasteiger partial charge is 0.512 e. The Kier molecular flexibility index (Phi) is 6.84. The zero-order valence-electron chi connectivity index (χ0n) is 18.1. The van der Waals surface area contributed by atoms with E-state index >= 15 is 0 Å². The number of nitrogens with one attached hydrogen (secondary N) is 1. The van der Waals surface area contributed by atoms with Crippen LogP contribution in [0.15, 0.2) is 78.4 Å². The molecule has 2 N–H and O–H groups in total. The van der Waals surface area contributed by atoms with Gasteiger partial charge in [-0.25, -0.2) is 4.39 Å². The number of amides is 1. The predicted octanol–water partition coefficient (Wildman–Crippen LogP) is 6.18. The second kappa shape index (κ2) is 9.96. The number of H-pyrrole nitrogens is 1. The van der Waals surface area contributed by atoms with Crippen LogP contribution in [0.1, 0.15) is 29.3 Å². The minimum atomic E-state index is -0.320. The highest BCUT2D eigenvalue weighted by molar-refractivity contribution is 6.31. The molecule has 5 nitrogen and oxygen atoms in total. The number of aliphatic hydroxyl groups excluding tert-OH is 1. The molecular formula is C26H24ClFN2O3. The summed E-state index contributed by atoms with van der Waals surface area (Å²) in [5, 5.41) is 10.7. The van der Waals surface area contributed by atoms with E-state index in [2.05, 4.69) is 4.98 Å². The summed E-state index contributed by atoms with van der Waals surface area (Å²) in [7, 11) is 1.65. The van der Waals surface area contributed by atoms with E-state index in [1.807, 2.05) is 47.4 Å². The van der Waals surface area contributed by atoms with Crippen LogP contribution < -0.4 is 4.74 Å². The number of benzene rings is 2. The van der Waals surface area contributed by atoms with E-state index in [0.717, 1.165) is 45.8 Å². The van der Waals surface area contributed by atoms with Crippen LogP contribution in [-0.4, -0.2) is 35.1 Å². The van der Waals surface area contributed by atoms with Crippen molar-refractivity contribution in [1.29, 1.82) is 0 Å². The second-order valence-corrected chi connectivity index (χ2v) is 8.23. The molecule has 170 valence electrons. The molecule has 0 bridgehead atoms. The molecule has 1 aliphatic heterocycles. The van der Waals surface area contributed by atoms with Crippen LogP contribution in [0.3, 0.4) is 0 Å². The number of rotatable bonds is 3. The minimum absolute atomic E-state index is 0.122. The van der Waals surface area contributed by atoms with Crippen LogP contribution >= 0.6 is 11.6 Å². The first-order chi connectivity index (χ1) is 16.0. The Morgan fingerprint density at radius 1 is 1.21 bits per heavy atom. The number of hydrogen-bond acceptors (Lipinski definition) is 3. The Morgan fingerprint density at radius 2 is 2.00 bits per heavy atom. The molecule has 0 fully saturated rings. The third kappa shape index (κ3) is 4.96. The lowest BCUT2D eigenvalue weighted by Crippen LogP contribution is -2.34. The molecule has 0 spiro atoms. The number of aromatic amines is 1. The lowest BCUT2D eigenvalue weighted by Gasteiger charge is -2.33. The van der Waals surface area contributed by atoms with Crippen LogP contribution in [0.5, 0.6) is 5.75 Å². The molecule has 7 heteroatoms. The van der Waals surface area contributed by atoms with E-state index in [-0.39, 0.29) is 17.6 Å². The van der Waals surface area contributed by atoms with Gasteiger partial charge in [0.15, 0.2) is 0 Å². The second-order valence-electron chi connectivity index (χ2n) is 7.79. The van der Waals surface area contributed by atoms with Crippen molar-refractivity contribution >= 4 is 28.9 Å². The Hall–Kier alpha value is -3.51. The number of carbonyl (C=O) groups excluding carboxylic acids is 1. The number of aromatic nitrogens is 1. The number of halogens is 2. The van der Waals surface area contributed by atoms with E-state index < -0.39 is 0 Å². The normalized spacial score (nSPS) is 17.3. The topological polar surface area (TPSA) is 65.6 Å². The smallest absolute Gasteiger partial charge is 0.210 e. The van der Waals surface area contributed by atoms with Crippen LogP contribution in [0.2, 0.25) is 5.02 Å². The number of methoxy groups -OCH3 is 1. The molecule has 0 radical (unpaired) electrons. The van der Waals surface area contributed by atoms with Gasteiger partial charge in [0.1, 0.15) is 11.6 Å². The summed E-state index contributed by atoms with van der Waals surface area (Å²) in [4.78, 5) is 16.9. The molecule has 2 aliphatic rings. The molecule has 33 heavy (non-hydrogen) atoms. The van der Waals surface area contributed by atoms with Crippen molar-refractivity contribution in [2.45, 2.75) is 18.9 Å². The van der Waals surface area contributed by atoms with E-state index in [1.54, 1.807) is 13.2 Å². The summed E-state index contributed by atoms with van der Waals surface area (Å²) >= 11 is 6.17. The molecule has 1 atom stereocenters. The van der Waals surface area contributed by atoms with Gasteiger partial charge in [-0.2, -0.15) is 0 Å². The first-order valence-electron chi connectivity index (χ1n) is 10.6.